The van der Waals surface area contributed by atoms with E-state index in [9.17, 15) is 19.7 Å². The van der Waals surface area contributed by atoms with Crippen LogP contribution in [0.1, 0.15) is 24.8 Å². The molecule has 23 heavy (non-hydrogen) atoms. The number of hydrogen-bond donors (Lipinski definition) is 2. The summed E-state index contributed by atoms with van der Waals surface area (Å²) < 4.78 is 0. The number of aromatic nitrogens is 2. The smallest absolute Gasteiger partial charge is 0.314 e. The molecule has 0 atom stereocenters. The standard InChI is InChI=1S/C14H16N4O4.BrH/c19-13-14(20)16-12-9(8-17-4-2-1-3-5-17)6-10(18(21)22)7-11(12)15-13;/h6-7H,1-5,8H2,(H,15,19)(H,16,20);1H. The van der Waals surface area contributed by atoms with E-state index in [1.807, 2.05) is 0 Å². The Morgan fingerprint density at radius 2 is 1.74 bits per heavy atom. The first-order chi connectivity index (χ1) is 10.5. The maximum absolute atomic E-state index is 11.5. The summed E-state index contributed by atoms with van der Waals surface area (Å²) in [6.45, 7) is 2.37. The van der Waals surface area contributed by atoms with Gasteiger partial charge in [-0.25, -0.2) is 0 Å². The van der Waals surface area contributed by atoms with Gasteiger partial charge in [0.1, 0.15) is 0 Å². The minimum atomic E-state index is -0.808. The fourth-order valence-electron chi connectivity index (χ4n) is 2.87. The highest BCUT2D eigenvalue weighted by Crippen LogP contribution is 2.23. The van der Waals surface area contributed by atoms with Crippen LogP contribution in [0, 0.1) is 10.1 Å². The summed E-state index contributed by atoms with van der Waals surface area (Å²) in [6.07, 6.45) is 3.39. The van der Waals surface area contributed by atoms with Crippen molar-refractivity contribution in [2.24, 2.45) is 0 Å². The second-order valence-corrected chi connectivity index (χ2v) is 5.53. The average molecular weight is 385 g/mol. The molecule has 0 aliphatic carbocycles. The van der Waals surface area contributed by atoms with E-state index in [1.54, 1.807) is 0 Å². The van der Waals surface area contributed by atoms with Crippen molar-refractivity contribution < 1.29 is 4.92 Å². The molecule has 2 heterocycles. The lowest BCUT2D eigenvalue weighted by Gasteiger charge is -2.26. The van der Waals surface area contributed by atoms with Crippen molar-refractivity contribution in [2.45, 2.75) is 25.8 Å². The van der Waals surface area contributed by atoms with Gasteiger partial charge in [-0.3, -0.25) is 24.6 Å². The topological polar surface area (TPSA) is 112 Å². The molecule has 0 unspecified atom stereocenters. The Kier molecular flexibility index (Phi) is 5.32. The highest BCUT2D eigenvalue weighted by molar-refractivity contribution is 8.93. The summed E-state index contributed by atoms with van der Waals surface area (Å²) in [7, 11) is 0. The van der Waals surface area contributed by atoms with Gasteiger partial charge >= 0.3 is 11.1 Å². The molecular weight excluding hydrogens is 368 g/mol. The number of non-ortho nitro benzene ring substituents is 1. The second-order valence-electron chi connectivity index (χ2n) is 5.53. The number of piperidine rings is 1. The van der Waals surface area contributed by atoms with Gasteiger partial charge in [-0.1, -0.05) is 6.42 Å². The van der Waals surface area contributed by atoms with E-state index >= 15 is 0 Å². The number of nitro groups is 1. The Morgan fingerprint density at radius 3 is 2.39 bits per heavy atom. The molecule has 0 saturated carbocycles. The lowest BCUT2D eigenvalue weighted by atomic mass is 10.1. The summed E-state index contributed by atoms with van der Waals surface area (Å²) >= 11 is 0. The van der Waals surface area contributed by atoms with Crippen molar-refractivity contribution in [3.05, 3.63) is 48.5 Å². The number of halogens is 1. The van der Waals surface area contributed by atoms with Gasteiger partial charge in [0.2, 0.25) is 0 Å². The maximum Gasteiger partial charge on any atom is 0.314 e. The van der Waals surface area contributed by atoms with Crippen LogP contribution in [0.15, 0.2) is 21.7 Å². The summed E-state index contributed by atoms with van der Waals surface area (Å²) in [6, 6.07) is 2.73. The zero-order valence-corrected chi connectivity index (χ0v) is 14.0. The van der Waals surface area contributed by atoms with Crippen LogP contribution >= 0.6 is 17.0 Å². The lowest BCUT2D eigenvalue weighted by Crippen LogP contribution is -2.31. The van der Waals surface area contributed by atoms with Gasteiger partial charge in [-0.15, -0.1) is 17.0 Å². The van der Waals surface area contributed by atoms with Gasteiger partial charge in [0.15, 0.2) is 0 Å². The summed E-state index contributed by atoms with van der Waals surface area (Å²) in [5, 5.41) is 11.1. The molecule has 1 aliphatic heterocycles. The molecule has 1 fully saturated rings. The highest BCUT2D eigenvalue weighted by Gasteiger charge is 2.17. The molecule has 3 rings (SSSR count). The molecule has 9 heteroatoms. The molecule has 0 amide bonds. The number of nitro benzene ring substituents is 1. The van der Waals surface area contributed by atoms with Crippen LogP contribution in [0.2, 0.25) is 0 Å². The fraction of sp³-hybridized carbons (Fsp3) is 0.429. The van der Waals surface area contributed by atoms with Crippen LogP contribution in [-0.2, 0) is 6.54 Å². The molecule has 1 aliphatic rings. The van der Waals surface area contributed by atoms with Crippen LogP contribution in [-0.4, -0.2) is 32.9 Å². The number of nitrogens with zero attached hydrogens (tertiary/aromatic N) is 2. The molecule has 0 spiro atoms. The van der Waals surface area contributed by atoms with Gasteiger partial charge in [-0.2, -0.15) is 0 Å². The lowest BCUT2D eigenvalue weighted by molar-refractivity contribution is -0.384. The van der Waals surface area contributed by atoms with Crippen LogP contribution in [0.3, 0.4) is 0 Å². The molecule has 0 bridgehead atoms. The first-order valence-electron chi connectivity index (χ1n) is 7.20. The van der Waals surface area contributed by atoms with Gasteiger partial charge in [0, 0.05) is 18.7 Å². The van der Waals surface area contributed by atoms with Crippen molar-refractivity contribution in [1.29, 1.82) is 0 Å². The van der Waals surface area contributed by atoms with Crippen molar-refractivity contribution >= 4 is 33.7 Å². The molecule has 1 saturated heterocycles. The average Bonchev–Trinajstić information content (AvgIpc) is 2.50. The normalized spacial score (nSPS) is 15.3. The highest BCUT2D eigenvalue weighted by atomic mass is 79.9. The molecule has 2 N–H and O–H groups in total. The molecule has 1 aromatic carbocycles. The van der Waals surface area contributed by atoms with Crippen LogP contribution in [0.4, 0.5) is 5.69 Å². The molecule has 8 nitrogen and oxygen atoms in total. The minimum Gasteiger partial charge on any atom is -0.316 e. The molecule has 1 aromatic heterocycles. The quantitative estimate of drug-likeness (QED) is 0.474. The minimum absolute atomic E-state index is 0. The van der Waals surface area contributed by atoms with E-state index in [0.29, 0.717) is 17.6 Å². The van der Waals surface area contributed by atoms with E-state index in [-0.39, 0.29) is 28.2 Å². The van der Waals surface area contributed by atoms with Gasteiger partial charge in [-0.05, 0) is 31.5 Å². The third-order valence-corrected chi connectivity index (χ3v) is 3.95. The van der Waals surface area contributed by atoms with Crippen molar-refractivity contribution in [1.82, 2.24) is 14.9 Å². The second kappa shape index (κ2) is 7.05. The number of H-pyrrole nitrogens is 2. The van der Waals surface area contributed by atoms with Crippen LogP contribution in [0.5, 0.6) is 0 Å². The molecule has 0 radical (unpaired) electrons. The SMILES string of the molecule is Br.O=c1[nH]c2cc([N+](=O)[O-])cc(CN3CCCCC3)c2[nH]c1=O. The first kappa shape index (κ1) is 17.4. The zero-order valence-electron chi connectivity index (χ0n) is 12.3. The molecule has 124 valence electrons. The largest absolute Gasteiger partial charge is 0.316 e. The van der Waals surface area contributed by atoms with Crippen molar-refractivity contribution in [3.63, 3.8) is 0 Å². The van der Waals surface area contributed by atoms with E-state index in [4.69, 9.17) is 0 Å². The van der Waals surface area contributed by atoms with Gasteiger partial charge in [0.25, 0.3) is 5.69 Å². The summed E-state index contributed by atoms with van der Waals surface area (Å²) in [5.41, 5.74) is -0.258. The number of rotatable bonds is 3. The Hall–Kier alpha value is -2.00. The van der Waals surface area contributed by atoms with E-state index in [0.717, 1.165) is 25.9 Å². The van der Waals surface area contributed by atoms with E-state index in [2.05, 4.69) is 14.9 Å². The zero-order chi connectivity index (χ0) is 15.7. The number of benzene rings is 1. The van der Waals surface area contributed by atoms with E-state index < -0.39 is 16.0 Å². The van der Waals surface area contributed by atoms with Crippen molar-refractivity contribution in [2.75, 3.05) is 13.1 Å². The molecule has 2 aromatic rings. The monoisotopic (exact) mass is 384 g/mol. The summed E-state index contributed by atoms with van der Waals surface area (Å²) in [4.78, 5) is 40.7. The van der Waals surface area contributed by atoms with E-state index in [1.165, 1.54) is 18.6 Å². The molecular formula is C14H17BrN4O4. The predicted octanol–water partition coefficient (Wildman–Crippen LogP) is 1.69. The van der Waals surface area contributed by atoms with Crippen molar-refractivity contribution in [3.8, 4) is 0 Å². The number of hydrogen-bond acceptors (Lipinski definition) is 5. The van der Waals surface area contributed by atoms with Gasteiger partial charge < -0.3 is 9.97 Å². The fourth-order valence-corrected chi connectivity index (χ4v) is 2.87. The number of fused-ring (bicyclic) bond motifs is 1. The van der Waals surface area contributed by atoms with Crippen LogP contribution in [0.25, 0.3) is 11.0 Å². The Balaban J connectivity index is 0.00000192. The number of likely N-dealkylation sites (tertiary alicyclic amines) is 1. The first-order valence-corrected chi connectivity index (χ1v) is 7.20. The number of aromatic amines is 2. The maximum atomic E-state index is 11.5. The Bertz CT molecular complexity index is 839. The third-order valence-electron chi connectivity index (χ3n) is 3.95. The summed E-state index contributed by atoms with van der Waals surface area (Å²) in [5.74, 6) is 0. The predicted molar refractivity (Wildman–Crippen MR) is 91.3 cm³/mol. The number of nitrogens with one attached hydrogen (secondary N) is 2. The van der Waals surface area contributed by atoms with Gasteiger partial charge in [0.05, 0.1) is 16.0 Å². The van der Waals surface area contributed by atoms with Crippen LogP contribution < -0.4 is 11.1 Å². The third kappa shape index (κ3) is 3.67. The Labute approximate surface area is 141 Å². The Morgan fingerprint density at radius 1 is 1.09 bits per heavy atom.